The standard InChI is InChI=1S/C14H24N8.ClH/c1-5-15-11-9-10(20-13(21-11)17-7-3)12(16-6-2)22-14(19-9)18-8-4;/h5-8H2,1-4H3,(H2,15,17,20,21)(H2,16,18,19,22);1H. The van der Waals surface area contributed by atoms with E-state index >= 15 is 0 Å². The van der Waals surface area contributed by atoms with E-state index in [0.717, 1.165) is 26.2 Å². The Morgan fingerprint density at radius 2 is 0.913 bits per heavy atom. The second-order valence-corrected chi connectivity index (χ2v) is 4.61. The van der Waals surface area contributed by atoms with E-state index in [1.807, 2.05) is 27.7 Å². The van der Waals surface area contributed by atoms with Crippen molar-refractivity contribution >= 4 is 47.0 Å². The van der Waals surface area contributed by atoms with Crippen LogP contribution in [0.4, 0.5) is 23.5 Å². The van der Waals surface area contributed by atoms with Crippen LogP contribution in [0.25, 0.3) is 11.0 Å². The molecule has 2 aromatic heterocycles. The summed E-state index contributed by atoms with van der Waals surface area (Å²) < 4.78 is 0. The molecule has 2 heterocycles. The molecule has 0 radical (unpaired) electrons. The molecular weight excluding hydrogens is 316 g/mol. The van der Waals surface area contributed by atoms with Crippen molar-refractivity contribution in [2.75, 3.05) is 47.4 Å². The highest BCUT2D eigenvalue weighted by molar-refractivity contribution is 5.94. The average Bonchev–Trinajstić information content (AvgIpc) is 2.49. The molecule has 4 N–H and O–H groups in total. The topological polar surface area (TPSA) is 99.7 Å². The summed E-state index contributed by atoms with van der Waals surface area (Å²) in [6.45, 7) is 11.1. The zero-order valence-electron chi connectivity index (χ0n) is 14.0. The van der Waals surface area contributed by atoms with Gasteiger partial charge >= 0.3 is 0 Å². The van der Waals surface area contributed by atoms with E-state index in [-0.39, 0.29) is 12.4 Å². The smallest absolute Gasteiger partial charge is 0.225 e. The molecule has 0 aromatic carbocycles. The molecular formula is C14H25ClN8. The van der Waals surface area contributed by atoms with Crippen LogP contribution in [0.1, 0.15) is 27.7 Å². The molecule has 0 saturated heterocycles. The monoisotopic (exact) mass is 340 g/mol. The Bertz CT molecular complexity index is 578. The number of fused-ring (bicyclic) bond motifs is 1. The van der Waals surface area contributed by atoms with Crippen molar-refractivity contribution in [3.63, 3.8) is 0 Å². The summed E-state index contributed by atoms with van der Waals surface area (Å²) in [7, 11) is 0. The third-order valence-electron chi connectivity index (χ3n) is 2.90. The average molecular weight is 341 g/mol. The summed E-state index contributed by atoms with van der Waals surface area (Å²) in [6.07, 6.45) is 0. The van der Waals surface area contributed by atoms with Crippen LogP contribution in [-0.2, 0) is 0 Å². The van der Waals surface area contributed by atoms with Crippen molar-refractivity contribution in [3.05, 3.63) is 0 Å². The van der Waals surface area contributed by atoms with Crippen LogP contribution in [0.2, 0.25) is 0 Å². The number of halogens is 1. The fourth-order valence-electron chi connectivity index (χ4n) is 2.07. The zero-order valence-corrected chi connectivity index (χ0v) is 14.8. The summed E-state index contributed by atoms with van der Waals surface area (Å²) in [5.41, 5.74) is 1.43. The minimum absolute atomic E-state index is 0. The fourth-order valence-corrected chi connectivity index (χ4v) is 2.07. The van der Waals surface area contributed by atoms with E-state index in [2.05, 4.69) is 41.2 Å². The van der Waals surface area contributed by atoms with Gasteiger partial charge in [0.1, 0.15) is 11.0 Å². The van der Waals surface area contributed by atoms with E-state index in [4.69, 9.17) is 0 Å². The normalized spacial score (nSPS) is 10.1. The lowest BCUT2D eigenvalue weighted by atomic mass is 10.3. The minimum atomic E-state index is 0. The maximum Gasteiger partial charge on any atom is 0.225 e. The van der Waals surface area contributed by atoms with E-state index in [1.165, 1.54) is 0 Å². The quantitative estimate of drug-likeness (QED) is 0.582. The van der Waals surface area contributed by atoms with Gasteiger partial charge in [-0.15, -0.1) is 12.4 Å². The maximum absolute atomic E-state index is 4.55. The fraction of sp³-hybridized carbons (Fsp3) is 0.571. The molecule has 0 unspecified atom stereocenters. The summed E-state index contributed by atoms with van der Waals surface area (Å²) in [5.74, 6) is 2.57. The van der Waals surface area contributed by atoms with Crippen LogP contribution in [-0.4, -0.2) is 46.1 Å². The van der Waals surface area contributed by atoms with Crippen molar-refractivity contribution < 1.29 is 0 Å². The number of rotatable bonds is 8. The first-order valence-electron chi connectivity index (χ1n) is 7.78. The van der Waals surface area contributed by atoms with Gasteiger partial charge in [0.25, 0.3) is 0 Å². The van der Waals surface area contributed by atoms with Crippen molar-refractivity contribution in [2.24, 2.45) is 0 Å². The molecule has 23 heavy (non-hydrogen) atoms. The Balaban J connectivity index is 0.00000264. The Hall–Kier alpha value is -2.09. The number of anilines is 4. The lowest BCUT2D eigenvalue weighted by Crippen LogP contribution is -2.12. The van der Waals surface area contributed by atoms with Gasteiger partial charge in [0.15, 0.2) is 11.6 Å². The van der Waals surface area contributed by atoms with Gasteiger partial charge in [-0.3, -0.25) is 0 Å². The zero-order chi connectivity index (χ0) is 15.9. The SMILES string of the molecule is CCNc1nc(NCC)c2nc(NCC)nc(NCC)c2n1.Cl. The van der Waals surface area contributed by atoms with Gasteiger partial charge in [0.2, 0.25) is 11.9 Å². The molecule has 0 saturated carbocycles. The molecule has 0 spiro atoms. The second-order valence-electron chi connectivity index (χ2n) is 4.61. The number of nitrogens with one attached hydrogen (secondary N) is 4. The lowest BCUT2D eigenvalue weighted by molar-refractivity contribution is 1.05. The van der Waals surface area contributed by atoms with Crippen molar-refractivity contribution in [1.29, 1.82) is 0 Å². The van der Waals surface area contributed by atoms with Gasteiger partial charge in [0, 0.05) is 26.2 Å². The molecule has 8 nitrogen and oxygen atoms in total. The van der Waals surface area contributed by atoms with Crippen LogP contribution in [0, 0.1) is 0 Å². The first kappa shape index (κ1) is 19.0. The Morgan fingerprint density at radius 1 is 0.565 bits per heavy atom. The van der Waals surface area contributed by atoms with Crippen molar-refractivity contribution in [2.45, 2.75) is 27.7 Å². The van der Waals surface area contributed by atoms with Gasteiger partial charge < -0.3 is 21.3 Å². The highest BCUT2D eigenvalue weighted by Gasteiger charge is 2.15. The second kappa shape index (κ2) is 9.14. The number of hydrogen-bond acceptors (Lipinski definition) is 8. The molecule has 0 amide bonds. The molecule has 128 valence electrons. The van der Waals surface area contributed by atoms with Gasteiger partial charge in [-0.05, 0) is 27.7 Å². The highest BCUT2D eigenvalue weighted by Crippen LogP contribution is 2.26. The molecule has 0 aliphatic heterocycles. The highest BCUT2D eigenvalue weighted by atomic mass is 35.5. The van der Waals surface area contributed by atoms with Gasteiger partial charge in [-0.1, -0.05) is 0 Å². The van der Waals surface area contributed by atoms with Crippen LogP contribution < -0.4 is 21.3 Å². The van der Waals surface area contributed by atoms with Gasteiger partial charge in [-0.2, -0.15) is 9.97 Å². The van der Waals surface area contributed by atoms with Crippen LogP contribution >= 0.6 is 12.4 Å². The van der Waals surface area contributed by atoms with Crippen molar-refractivity contribution in [3.8, 4) is 0 Å². The van der Waals surface area contributed by atoms with E-state index in [0.29, 0.717) is 34.6 Å². The lowest BCUT2D eigenvalue weighted by Gasteiger charge is -2.13. The molecule has 2 aromatic rings. The third-order valence-corrected chi connectivity index (χ3v) is 2.90. The van der Waals surface area contributed by atoms with E-state index in [1.54, 1.807) is 0 Å². The third kappa shape index (κ3) is 4.44. The van der Waals surface area contributed by atoms with Crippen molar-refractivity contribution in [1.82, 2.24) is 19.9 Å². The summed E-state index contributed by atoms with van der Waals surface area (Å²) in [4.78, 5) is 18.1. The molecule has 0 fully saturated rings. The van der Waals surface area contributed by atoms with E-state index in [9.17, 15) is 0 Å². The molecule has 9 heteroatoms. The number of hydrogen-bond donors (Lipinski definition) is 4. The van der Waals surface area contributed by atoms with Gasteiger partial charge in [0.05, 0.1) is 0 Å². The minimum Gasteiger partial charge on any atom is -0.368 e. The molecule has 0 aliphatic carbocycles. The van der Waals surface area contributed by atoms with Gasteiger partial charge in [-0.25, -0.2) is 9.97 Å². The number of nitrogens with zero attached hydrogens (tertiary/aromatic N) is 4. The molecule has 0 aliphatic rings. The summed E-state index contributed by atoms with van der Waals surface area (Å²) >= 11 is 0. The summed E-state index contributed by atoms with van der Waals surface area (Å²) in [5, 5.41) is 12.8. The molecule has 0 atom stereocenters. The Kier molecular flexibility index (Phi) is 7.53. The predicted molar refractivity (Wildman–Crippen MR) is 99.0 cm³/mol. The summed E-state index contributed by atoms with van der Waals surface area (Å²) in [6, 6.07) is 0. The molecule has 2 rings (SSSR count). The largest absolute Gasteiger partial charge is 0.368 e. The molecule has 0 bridgehead atoms. The first-order chi connectivity index (χ1) is 10.7. The van der Waals surface area contributed by atoms with E-state index < -0.39 is 0 Å². The predicted octanol–water partition coefficient (Wildman–Crippen LogP) is 2.57. The van der Waals surface area contributed by atoms with Crippen LogP contribution in [0.5, 0.6) is 0 Å². The maximum atomic E-state index is 4.55. The van der Waals surface area contributed by atoms with Crippen LogP contribution in [0.3, 0.4) is 0 Å². The van der Waals surface area contributed by atoms with Crippen LogP contribution in [0.15, 0.2) is 0 Å². The Labute approximate surface area is 142 Å². The Morgan fingerprint density at radius 3 is 1.22 bits per heavy atom. The number of aromatic nitrogens is 4. The first-order valence-corrected chi connectivity index (χ1v) is 7.78.